The molecule has 1 aromatic carbocycles. The Morgan fingerprint density at radius 2 is 1.85 bits per heavy atom. The number of pyridine rings is 2. The number of amides is 1. The van der Waals surface area contributed by atoms with E-state index < -0.39 is 11.7 Å². The number of anilines is 1. The van der Waals surface area contributed by atoms with Crippen molar-refractivity contribution in [3.63, 3.8) is 0 Å². The van der Waals surface area contributed by atoms with Crippen LogP contribution in [0, 0.1) is 19.7 Å². The fourth-order valence-corrected chi connectivity index (χ4v) is 4.67. The van der Waals surface area contributed by atoms with E-state index in [2.05, 4.69) is 20.3 Å². The van der Waals surface area contributed by atoms with Crippen molar-refractivity contribution in [2.24, 2.45) is 0 Å². The van der Waals surface area contributed by atoms with E-state index in [-0.39, 0.29) is 11.6 Å². The van der Waals surface area contributed by atoms with Crippen LogP contribution in [0.4, 0.5) is 15.0 Å². The maximum atomic E-state index is 13.7. The molecule has 5 aromatic rings. The second-order valence-electron chi connectivity index (χ2n) is 10.6. The number of ether oxygens (including phenoxy) is 2. The number of carbonyl (C=O) groups excluding carboxylic acids is 1. The van der Waals surface area contributed by atoms with Gasteiger partial charge in [0.2, 0.25) is 0 Å². The van der Waals surface area contributed by atoms with Crippen molar-refractivity contribution in [2.45, 2.75) is 46.8 Å². The summed E-state index contributed by atoms with van der Waals surface area (Å²) in [4.78, 5) is 24.5. The molecule has 5 rings (SSSR count). The van der Waals surface area contributed by atoms with Gasteiger partial charge in [-0.2, -0.15) is 5.10 Å². The van der Waals surface area contributed by atoms with E-state index >= 15 is 0 Å². The molecule has 10 heteroatoms. The van der Waals surface area contributed by atoms with Gasteiger partial charge < -0.3 is 14.5 Å². The number of H-pyrrole nitrogens is 1. The zero-order valence-corrected chi connectivity index (χ0v) is 23.3. The van der Waals surface area contributed by atoms with Crippen LogP contribution < -0.4 is 10.1 Å². The Balaban J connectivity index is 1.48. The summed E-state index contributed by atoms with van der Waals surface area (Å²) in [6.45, 7) is 9.80. The summed E-state index contributed by atoms with van der Waals surface area (Å²) in [7, 11) is 1.51. The van der Waals surface area contributed by atoms with Gasteiger partial charge in [-0.3, -0.25) is 10.00 Å². The van der Waals surface area contributed by atoms with Crippen molar-refractivity contribution in [2.75, 3.05) is 12.4 Å². The topological polar surface area (TPSA) is 107 Å². The monoisotopic (exact) mass is 542 g/mol. The molecule has 206 valence electrons. The van der Waals surface area contributed by atoms with Gasteiger partial charge >= 0.3 is 6.09 Å². The van der Waals surface area contributed by atoms with Crippen LogP contribution in [0.1, 0.15) is 37.7 Å². The maximum absolute atomic E-state index is 13.7. The highest BCUT2D eigenvalue weighted by Crippen LogP contribution is 2.36. The summed E-state index contributed by atoms with van der Waals surface area (Å²) in [6.07, 6.45) is 4.72. The van der Waals surface area contributed by atoms with Crippen molar-refractivity contribution >= 4 is 22.9 Å². The zero-order chi connectivity index (χ0) is 28.6. The van der Waals surface area contributed by atoms with Crippen LogP contribution >= 0.6 is 0 Å². The number of hydrogen-bond donors (Lipinski definition) is 2. The third-order valence-corrected chi connectivity index (χ3v) is 6.43. The summed E-state index contributed by atoms with van der Waals surface area (Å²) in [5.41, 5.74) is 6.31. The number of methoxy groups -OCH3 is 1. The van der Waals surface area contributed by atoms with Crippen LogP contribution in [0.2, 0.25) is 0 Å². The van der Waals surface area contributed by atoms with E-state index in [4.69, 9.17) is 14.6 Å². The first-order chi connectivity index (χ1) is 19.0. The molecule has 0 fully saturated rings. The Hall–Kier alpha value is -4.73. The number of halogens is 1. The smallest absolute Gasteiger partial charge is 0.413 e. The lowest BCUT2D eigenvalue weighted by Crippen LogP contribution is -2.27. The molecule has 0 aliphatic heterocycles. The first kappa shape index (κ1) is 26.9. The van der Waals surface area contributed by atoms with Crippen molar-refractivity contribution < 1.29 is 18.7 Å². The minimum absolute atomic E-state index is 0.258. The predicted molar refractivity (Wildman–Crippen MR) is 152 cm³/mol. The van der Waals surface area contributed by atoms with Gasteiger partial charge in [0, 0.05) is 51.9 Å². The summed E-state index contributed by atoms with van der Waals surface area (Å²) in [5, 5.41) is 8.31. The molecule has 0 radical (unpaired) electrons. The van der Waals surface area contributed by atoms with Crippen LogP contribution in [0.15, 0.2) is 55.0 Å². The third kappa shape index (κ3) is 5.51. The molecule has 0 aliphatic rings. The van der Waals surface area contributed by atoms with Gasteiger partial charge in [-0.25, -0.2) is 19.2 Å². The summed E-state index contributed by atoms with van der Waals surface area (Å²) in [6, 6.07) is 10.4. The van der Waals surface area contributed by atoms with Crippen LogP contribution in [0.25, 0.3) is 33.3 Å². The Bertz CT molecular complexity index is 1720. The Morgan fingerprint density at radius 3 is 2.58 bits per heavy atom. The molecule has 0 bridgehead atoms. The molecule has 0 unspecified atom stereocenters. The molecule has 1 amide bonds. The molecule has 2 N–H and O–H groups in total. The van der Waals surface area contributed by atoms with Gasteiger partial charge in [0.1, 0.15) is 17.1 Å². The van der Waals surface area contributed by atoms with Gasteiger partial charge in [-0.05, 0) is 64.4 Å². The van der Waals surface area contributed by atoms with Gasteiger partial charge in [-0.15, -0.1) is 0 Å². The normalized spacial score (nSPS) is 11.6. The zero-order valence-electron chi connectivity index (χ0n) is 23.3. The van der Waals surface area contributed by atoms with Gasteiger partial charge in [0.05, 0.1) is 19.3 Å². The molecule has 0 saturated heterocycles. The van der Waals surface area contributed by atoms with Crippen molar-refractivity contribution in [3.05, 3.63) is 77.8 Å². The van der Waals surface area contributed by atoms with Gasteiger partial charge in [0.15, 0.2) is 11.6 Å². The highest BCUT2D eigenvalue weighted by molar-refractivity contribution is 5.97. The van der Waals surface area contributed by atoms with Crippen LogP contribution in [0.3, 0.4) is 0 Å². The molecular weight excluding hydrogens is 511 g/mol. The fourth-order valence-electron chi connectivity index (χ4n) is 4.67. The molecule has 0 aliphatic carbocycles. The lowest BCUT2D eigenvalue weighted by Gasteiger charge is -2.20. The van der Waals surface area contributed by atoms with E-state index in [0.717, 1.165) is 50.2 Å². The number of nitrogens with one attached hydrogen (secondary N) is 2. The lowest BCUT2D eigenvalue weighted by molar-refractivity contribution is 0.0634. The van der Waals surface area contributed by atoms with E-state index in [1.807, 2.05) is 36.9 Å². The Kier molecular flexibility index (Phi) is 7.01. The molecule has 0 saturated carbocycles. The maximum Gasteiger partial charge on any atom is 0.413 e. The number of benzene rings is 1. The number of carbonyl (C=O) groups is 1. The number of aromatic nitrogens is 5. The van der Waals surface area contributed by atoms with E-state index in [0.29, 0.717) is 12.3 Å². The molecule has 4 aromatic heterocycles. The number of aromatic amines is 1. The average Bonchev–Trinajstić information content (AvgIpc) is 3.42. The van der Waals surface area contributed by atoms with E-state index in [9.17, 15) is 9.18 Å². The van der Waals surface area contributed by atoms with Gasteiger partial charge in [0.25, 0.3) is 0 Å². The fraction of sp³-hybridized carbons (Fsp3) is 0.267. The minimum Gasteiger partial charge on any atom is -0.493 e. The second kappa shape index (κ2) is 10.4. The summed E-state index contributed by atoms with van der Waals surface area (Å²) >= 11 is 0. The summed E-state index contributed by atoms with van der Waals surface area (Å²) < 4.78 is 26.5. The Morgan fingerprint density at radius 1 is 1.10 bits per heavy atom. The second-order valence-corrected chi connectivity index (χ2v) is 10.6. The lowest BCUT2D eigenvalue weighted by atomic mass is 10.0. The van der Waals surface area contributed by atoms with Crippen LogP contribution in [-0.2, 0) is 11.3 Å². The first-order valence-electron chi connectivity index (χ1n) is 12.8. The van der Waals surface area contributed by atoms with Crippen LogP contribution in [0.5, 0.6) is 5.75 Å². The van der Waals surface area contributed by atoms with Crippen molar-refractivity contribution in [1.29, 1.82) is 0 Å². The molecule has 9 nitrogen and oxygen atoms in total. The van der Waals surface area contributed by atoms with Gasteiger partial charge in [-0.1, -0.05) is 12.1 Å². The number of hydrogen-bond acceptors (Lipinski definition) is 6. The summed E-state index contributed by atoms with van der Waals surface area (Å²) in [5.74, 6) is 0.381. The molecular formula is C30H31FN6O3. The largest absolute Gasteiger partial charge is 0.493 e. The van der Waals surface area contributed by atoms with E-state index in [1.54, 1.807) is 45.3 Å². The third-order valence-electron chi connectivity index (χ3n) is 6.43. The molecule has 0 atom stereocenters. The minimum atomic E-state index is -0.640. The number of fused-ring (bicyclic) bond motifs is 1. The van der Waals surface area contributed by atoms with Crippen LogP contribution in [-0.4, -0.2) is 43.5 Å². The average molecular weight is 543 g/mol. The quantitative estimate of drug-likeness (QED) is 0.249. The van der Waals surface area contributed by atoms with E-state index in [1.165, 1.54) is 19.2 Å². The number of nitrogens with zero attached hydrogens (tertiary/aromatic N) is 4. The first-order valence-corrected chi connectivity index (χ1v) is 12.8. The standard InChI is InChI=1S/C30H31FN6O3/c1-17-26(18(2)37(36-17)16-19-8-7-9-22(31)10-19)24-15-34-27-23(24)11-20(13-32-27)21-12-25(39-6)28(33-14-21)35-29(38)40-30(3,4)5/h7-15H,16H2,1-6H3,(H,32,34)(H,33,35,38). The molecule has 40 heavy (non-hydrogen) atoms. The molecule has 0 spiro atoms. The number of rotatable bonds is 6. The van der Waals surface area contributed by atoms with Crippen molar-refractivity contribution in [1.82, 2.24) is 24.7 Å². The molecule has 4 heterocycles. The highest BCUT2D eigenvalue weighted by atomic mass is 19.1. The Labute approximate surface area is 231 Å². The predicted octanol–water partition coefficient (Wildman–Crippen LogP) is 6.65. The van der Waals surface area contributed by atoms with Crippen molar-refractivity contribution in [3.8, 4) is 28.0 Å². The SMILES string of the molecule is COc1cc(-c2cnc3[nH]cc(-c4c(C)nn(Cc5cccc(F)c5)c4C)c3c2)cnc1NC(=O)OC(C)(C)C. The number of aryl methyl sites for hydroxylation is 1. The highest BCUT2D eigenvalue weighted by Gasteiger charge is 2.20.